The van der Waals surface area contributed by atoms with Gasteiger partial charge in [-0.2, -0.15) is 0 Å². The summed E-state index contributed by atoms with van der Waals surface area (Å²) in [5, 5.41) is 3.42. The zero-order valence-electron chi connectivity index (χ0n) is 20.2. The Kier molecular flexibility index (Phi) is 10.5. The Morgan fingerprint density at radius 2 is 1.81 bits per heavy atom. The van der Waals surface area contributed by atoms with Gasteiger partial charge in [0, 0.05) is 63.1 Å². The third-order valence-electron chi connectivity index (χ3n) is 6.40. The van der Waals surface area contributed by atoms with Crippen LogP contribution in [0.4, 0.5) is 0 Å². The van der Waals surface area contributed by atoms with Crippen molar-refractivity contribution >= 4 is 35.8 Å². The summed E-state index contributed by atoms with van der Waals surface area (Å²) in [5.74, 6) is 2.07. The summed E-state index contributed by atoms with van der Waals surface area (Å²) in [4.78, 5) is 28.8. The van der Waals surface area contributed by atoms with Gasteiger partial charge >= 0.3 is 0 Å². The standard InChI is InChI=1S/C23H38N6O2.HI/c1-6-24-23(26-16-20-18(3)21(31-5)17(2)15-25-20)29-13-11-27(12-14-29)19(4)22(30)28-9-7-8-10-28;/h15,19H,6-14,16H2,1-5H3,(H,24,26);1H. The quantitative estimate of drug-likeness (QED) is 0.329. The highest BCUT2D eigenvalue weighted by molar-refractivity contribution is 14.0. The number of aryl methyl sites for hydroxylation is 1. The van der Waals surface area contributed by atoms with Crippen LogP contribution in [-0.2, 0) is 11.3 Å². The van der Waals surface area contributed by atoms with Crippen LogP contribution in [0, 0.1) is 13.8 Å². The molecule has 3 heterocycles. The fraction of sp³-hybridized carbons (Fsp3) is 0.696. The SMILES string of the molecule is CCNC(=NCc1ncc(C)c(OC)c1C)N1CCN(C(C)C(=O)N2CCCC2)CC1.I. The van der Waals surface area contributed by atoms with Crippen molar-refractivity contribution in [2.24, 2.45) is 4.99 Å². The third kappa shape index (κ3) is 6.24. The van der Waals surface area contributed by atoms with E-state index >= 15 is 0 Å². The number of likely N-dealkylation sites (tertiary alicyclic amines) is 1. The molecule has 8 nitrogen and oxygen atoms in total. The fourth-order valence-electron chi connectivity index (χ4n) is 4.49. The summed E-state index contributed by atoms with van der Waals surface area (Å²) in [6, 6.07) is -0.0494. The number of pyridine rings is 1. The maximum absolute atomic E-state index is 12.7. The zero-order chi connectivity index (χ0) is 22.4. The molecule has 1 N–H and O–H groups in total. The molecular formula is C23H39IN6O2. The first-order valence-corrected chi connectivity index (χ1v) is 11.5. The molecule has 0 spiro atoms. The highest BCUT2D eigenvalue weighted by Gasteiger charge is 2.30. The van der Waals surface area contributed by atoms with E-state index in [-0.39, 0.29) is 35.9 Å². The Morgan fingerprint density at radius 1 is 1.16 bits per heavy atom. The Bertz CT molecular complexity index is 789. The van der Waals surface area contributed by atoms with E-state index in [1.54, 1.807) is 7.11 Å². The lowest BCUT2D eigenvalue weighted by molar-refractivity contribution is -0.135. The molecule has 9 heteroatoms. The number of hydrogen-bond donors (Lipinski definition) is 1. The highest BCUT2D eigenvalue weighted by atomic mass is 127. The number of aromatic nitrogens is 1. The van der Waals surface area contributed by atoms with E-state index in [1.165, 1.54) is 0 Å². The lowest BCUT2D eigenvalue weighted by Crippen LogP contribution is -2.57. The molecule has 2 aliphatic rings. The molecule has 2 fully saturated rings. The smallest absolute Gasteiger partial charge is 0.239 e. The maximum Gasteiger partial charge on any atom is 0.239 e. The molecule has 0 aliphatic carbocycles. The first kappa shape index (κ1) is 26.6. The van der Waals surface area contributed by atoms with Gasteiger partial charge in [0.15, 0.2) is 5.96 Å². The van der Waals surface area contributed by atoms with E-state index in [1.807, 2.05) is 24.9 Å². The van der Waals surface area contributed by atoms with Crippen LogP contribution < -0.4 is 10.1 Å². The average molecular weight is 559 g/mol. The molecule has 1 aromatic heterocycles. The first-order valence-electron chi connectivity index (χ1n) is 11.5. The van der Waals surface area contributed by atoms with E-state index < -0.39 is 0 Å². The molecule has 1 amide bonds. The second-order valence-corrected chi connectivity index (χ2v) is 8.45. The van der Waals surface area contributed by atoms with Crippen LogP contribution in [0.25, 0.3) is 0 Å². The van der Waals surface area contributed by atoms with E-state index in [0.29, 0.717) is 6.54 Å². The van der Waals surface area contributed by atoms with Crippen LogP contribution in [0.15, 0.2) is 11.2 Å². The van der Waals surface area contributed by atoms with E-state index in [4.69, 9.17) is 9.73 Å². The van der Waals surface area contributed by atoms with Gasteiger partial charge in [0.2, 0.25) is 5.91 Å². The van der Waals surface area contributed by atoms with E-state index in [0.717, 1.165) is 87.2 Å². The maximum atomic E-state index is 12.7. The van der Waals surface area contributed by atoms with Crippen LogP contribution in [0.5, 0.6) is 5.75 Å². The van der Waals surface area contributed by atoms with Crippen LogP contribution in [0.1, 0.15) is 43.5 Å². The van der Waals surface area contributed by atoms with Crippen molar-refractivity contribution in [2.75, 3.05) is 52.9 Å². The molecule has 180 valence electrons. The topological polar surface area (TPSA) is 73.3 Å². The number of ether oxygens (including phenoxy) is 1. The number of hydrogen-bond acceptors (Lipinski definition) is 5. The zero-order valence-corrected chi connectivity index (χ0v) is 22.5. The van der Waals surface area contributed by atoms with Crippen molar-refractivity contribution in [3.05, 3.63) is 23.0 Å². The summed E-state index contributed by atoms with van der Waals surface area (Å²) in [5.41, 5.74) is 3.01. The van der Waals surface area contributed by atoms with Crippen molar-refractivity contribution in [3.8, 4) is 5.75 Å². The number of aliphatic imine (C=N–C) groups is 1. The predicted octanol–water partition coefficient (Wildman–Crippen LogP) is 2.42. The molecule has 1 atom stereocenters. The lowest BCUT2D eigenvalue weighted by atomic mass is 10.1. The van der Waals surface area contributed by atoms with Crippen LogP contribution in [-0.4, -0.2) is 90.5 Å². The largest absolute Gasteiger partial charge is 0.496 e. The van der Waals surface area contributed by atoms with Gasteiger partial charge in [-0.25, -0.2) is 4.99 Å². The molecule has 1 aromatic rings. The number of rotatable bonds is 6. The van der Waals surface area contributed by atoms with Crippen molar-refractivity contribution in [1.29, 1.82) is 0 Å². The number of halogens is 1. The van der Waals surface area contributed by atoms with Crippen molar-refractivity contribution in [3.63, 3.8) is 0 Å². The number of nitrogens with zero attached hydrogens (tertiary/aromatic N) is 5. The summed E-state index contributed by atoms with van der Waals surface area (Å²) in [6.45, 7) is 14.8. The normalized spacial score (nSPS) is 18.3. The molecular weight excluding hydrogens is 519 g/mol. The van der Waals surface area contributed by atoms with Gasteiger partial charge in [-0.15, -0.1) is 24.0 Å². The van der Waals surface area contributed by atoms with Crippen molar-refractivity contribution in [2.45, 2.75) is 53.1 Å². The monoisotopic (exact) mass is 558 g/mol. The van der Waals surface area contributed by atoms with Crippen LogP contribution in [0.2, 0.25) is 0 Å². The molecule has 0 saturated carbocycles. The van der Waals surface area contributed by atoms with Gasteiger partial charge in [-0.3, -0.25) is 14.7 Å². The number of amides is 1. The van der Waals surface area contributed by atoms with Gasteiger partial charge in [0.25, 0.3) is 0 Å². The van der Waals surface area contributed by atoms with Crippen molar-refractivity contribution in [1.82, 2.24) is 25.0 Å². The van der Waals surface area contributed by atoms with Gasteiger partial charge in [-0.05, 0) is 40.5 Å². The summed E-state index contributed by atoms with van der Waals surface area (Å²) in [7, 11) is 1.70. The van der Waals surface area contributed by atoms with Gasteiger partial charge in [-0.1, -0.05) is 0 Å². The van der Waals surface area contributed by atoms with E-state index in [2.05, 4.69) is 33.9 Å². The Morgan fingerprint density at radius 3 is 2.41 bits per heavy atom. The fourth-order valence-corrected chi connectivity index (χ4v) is 4.49. The Hall–Kier alpha value is -1.62. The molecule has 2 aliphatic heterocycles. The second-order valence-electron chi connectivity index (χ2n) is 8.45. The summed E-state index contributed by atoms with van der Waals surface area (Å²) < 4.78 is 5.53. The van der Waals surface area contributed by atoms with E-state index in [9.17, 15) is 4.79 Å². The molecule has 1 unspecified atom stereocenters. The molecule has 0 bridgehead atoms. The number of carbonyl (C=O) groups is 1. The number of carbonyl (C=O) groups excluding carboxylic acids is 1. The van der Waals surface area contributed by atoms with Gasteiger partial charge < -0.3 is 19.9 Å². The third-order valence-corrected chi connectivity index (χ3v) is 6.40. The second kappa shape index (κ2) is 12.6. The minimum absolute atomic E-state index is 0. The highest BCUT2D eigenvalue weighted by Crippen LogP contribution is 2.24. The number of piperazine rings is 1. The molecule has 2 saturated heterocycles. The molecule has 3 rings (SSSR count). The first-order chi connectivity index (χ1) is 15.0. The lowest BCUT2D eigenvalue weighted by Gasteiger charge is -2.39. The summed E-state index contributed by atoms with van der Waals surface area (Å²) in [6.07, 6.45) is 4.12. The average Bonchev–Trinajstić information content (AvgIpc) is 3.32. The van der Waals surface area contributed by atoms with Crippen LogP contribution >= 0.6 is 24.0 Å². The minimum Gasteiger partial charge on any atom is -0.496 e. The van der Waals surface area contributed by atoms with Crippen molar-refractivity contribution < 1.29 is 9.53 Å². The van der Waals surface area contributed by atoms with Gasteiger partial charge in [0.1, 0.15) is 5.75 Å². The number of nitrogens with one attached hydrogen (secondary N) is 1. The van der Waals surface area contributed by atoms with Gasteiger partial charge in [0.05, 0.1) is 25.4 Å². The molecule has 32 heavy (non-hydrogen) atoms. The summed E-state index contributed by atoms with van der Waals surface area (Å²) >= 11 is 0. The predicted molar refractivity (Wildman–Crippen MR) is 139 cm³/mol. The van der Waals surface area contributed by atoms with Crippen LogP contribution in [0.3, 0.4) is 0 Å². The molecule has 0 radical (unpaired) electrons. The minimum atomic E-state index is -0.0494. The molecule has 0 aromatic carbocycles. The number of guanidine groups is 1. The number of methoxy groups -OCH3 is 1. The Labute approximate surface area is 209 Å². The Balaban J connectivity index is 0.00000363.